The lowest BCUT2D eigenvalue weighted by atomic mass is 9.87. The maximum absolute atomic E-state index is 13.6. The van der Waals surface area contributed by atoms with Crippen molar-refractivity contribution in [3.05, 3.63) is 89.5 Å². The lowest BCUT2D eigenvalue weighted by Crippen LogP contribution is -2.49. The summed E-state index contributed by atoms with van der Waals surface area (Å²) in [5.74, 6) is -0.671. The summed E-state index contributed by atoms with van der Waals surface area (Å²) in [6.07, 6.45) is 0. The zero-order chi connectivity index (χ0) is 20.4. The molecule has 3 amide bonds. The molecular weight excluding hydrogens is 388 g/mol. The van der Waals surface area contributed by atoms with E-state index in [1.165, 1.54) is 12.1 Å². The molecule has 2 aliphatic rings. The van der Waals surface area contributed by atoms with Gasteiger partial charge in [-0.3, -0.25) is 10.1 Å². The van der Waals surface area contributed by atoms with Crippen molar-refractivity contribution in [2.24, 2.45) is 0 Å². The normalized spacial score (nSPS) is 16.7. The van der Waals surface area contributed by atoms with Gasteiger partial charge in [-0.25, -0.2) is 13.2 Å². The van der Waals surface area contributed by atoms with Gasteiger partial charge in [-0.15, -0.1) is 0 Å². The highest BCUT2D eigenvalue weighted by Gasteiger charge is 2.64. The minimum absolute atomic E-state index is 0.0470. The fourth-order valence-corrected chi connectivity index (χ4v) is 5.86. The van der Waals surface area contributed by atoms with Gasteiger partial charge in [0.15, 0.2) is 5.54 Å². The van der Waals surface area contributed by atoms with Crippen LogP contribution in [0.15, 0.2) is 77.7 Å². The first-order valence-electron chi connectivity index (χ1n) is 9.05. The van der Waals surface area contributed by atoms with E-state index >= 15 is 0 Å². The van der Waals surface area contributed by atoms with E-state index in [4.69, 9.17) is 0 Å². The predicted molar refractivity (Wildman–Crippen MR) is 106 cm³/mol. The second-order valence-electron chi connectivity index (χ2n) is 7.14. The second kappa shape index (κ2) is 5.78. The van der Waals surface area contributed by atoms with Crippen molar-refractivity contribution in [2.75, 3.05) is 0 Å². The predicted octanol–water partition coefficient (Wildman–Crippen LogP) is 3.16. The fraction of sp³-hybridized carbons (Fsp3) is 0.0909. The van der Waals surface area contributed by atoms with Crippen LogP contribution in [0.2, 0.25) is 0 Å². The lowest BCUT2D eigenvalue weighted by molar-refractivity contribution is -0.124. The molecule has 0 aromatic heterocycles. The number of hydrogen-bond donors (Lipinski definition) is 1. The topological polar surface area (TPSA) is 83.6 Å². The molecular formula is C22H16N2O4S. The molecule has 6 nitrogen and oxygen atoms in total. The summed E-state index contributed by atoms with van der Waals surface area (Å²) in [5.41, 5.74) is 1.53. The van der Waals surface area contributed by atoms with E-state index in [-0.39, 0.29) is 4.90 Å². The minimum atomic E-state index is -4.31. The highest BCUT2D eigenvalue weighted by molar-refractivity contribution is 7.89. The van der Waals surface area contributed by atoms with Crippen LogP contribution in [0.4, 0.5) is 4.79 Å². The summed E-state index contributed by atoms with van der Waals surface area (Å²) in [4.78, 5) is 26.1. The van der Waals surface area contributed by atoms with Crippen molar-refractivity contribution in [2.45, 2.75) is 17.4 Å². The summed E-state index contributed by atoms with van der Waals surface area (Å²) in [5, 5.41) is 2.24. The average Bonchev–Trinajstić information content (AvgIpc) is 3.15. The van der Waals surface area contributed by atoms with Crippen LogP contribution in [-0.4, -0.2) is 24.7 Å². The number of benzene rings is 3. The standard InChI is InChI=1S/C22H16N2O4S/c1-14-10-12-15(13-11-14)29(27,28)24-21(26)23-20(25)22(24)18-8-4-2-6-16(18)17-7-3-5-9-19(17)22/h2-13H,1H3,(H,23,25,26). The van der Waals surface area contributed by atoms with E-state index in [2.05, 4.69) is 5.32 Å². The van der Waals surface area contributed by atoms with Gasteiger partial charge < -0.3 is 0 Å². The summed E-state index contributed by atoms with van der Waals surface area (Å²) >= 11 is 0. The molecule has 0 unspecified atom stereocenters. The number of nitrogens with zero attached hydrogens (tertiary/aromatic N) is 1. The van der Waals surface area contributed by atoms with Gasteiger partial charge >= 0.3 is 6.03 Å². The van der Waals surface area contributed by atoms with Gasteiger partial charge in [0.25, 0.3) is 15.9 Å². The number of carbonyl (C=O) groups is 2. The maximum atomic E-state index is 13.6. The Hall–Kier alpha value is -3.45. The van der Waals surface area contributed by atoms with Crippen LogP contribution in [0.5, 0.6) is 0 Å². The minimum Gasteiger partial charge on any atom is -0.274 e. The monoisotopic (exact) mass is 404 g/mol. The molecule has 1 saturated heterocycles. The largest absolute Gasteiger partial charge is 0.339 e. The average molecular weight is 404 g/mol. The van der Waals surface area contributed by atoms with Crippen molar-refractivity contribution >= 4 is 22.0 Å². The van der Waals surface area contributed by atoms with Crippen molar-refractivity contribution in [3.63, 3.8) is 0 Å². The Morgan fingerprint density at radius 2 is 1.31 bits per heavy atom. The number of rotatable bonds is 2. The van der Waals surface area contributed by atoms with Crippen LogP contribution in [0, 0.1) is 6.92 Å². The van der Waals surface area contributed by atoms with Crippen molar-refractivity contribution in [1.29, 1.82) is 0 Å². The molecule has 0 radical (unpaired) electrons. The molecule has 1 heterocycles. The molecule has 5 rings (SSSR count). The van der Waals surface area contributed by atoms with Gasteiger partial charge in [0.2, 0.25) is 0 Å². The fourth-order valence-electron chi connectivity index (χ4n) is 4.26. The van der Waals surface area contributed by atoms with Gasteiger partial charge in [-0.1, -0.05) is 66.2 Å². The Bertz CT molecular complexity index is 1250. The first kappa shape index (κ1) is 17.6. The summed E-state index contributed by atoms with van der Waals surface area (Å²) in [6.45, 7) is 1.84. The first-order chi connectivity index (χ1) is 13.9. The van der Waals surface area contributed by atoms with Gasteiger partial charge in [0.05, 0.1) is 4.90 Å². The number of amides is 3. The number of aryl methyl sites for hydroxylation is 1. The smallest absolute Gasteiger partial charge is 0.274 e. The van der Waals surface area contributed by atoms with E-state index in [0.717, 1.165) is 16.7 Å². The Morgan fingerprint density at radius 1 is 0.793 bits per heavy atom. The van der Waals surface area contributed by atoms with Gasteiger partial charge in [-0.05, 0) is 30.2 Å². The van der Waals surface area contributed by atoms with Crippen LogP contribution in [0.25, 0.3) is 11.1 Å². The van der Waals surface area contributed by atoms with Crippen LogP contribution < -0.4 is 5.32 Å². The SMILES string of the molecule is Cc1ccc(S(=O)(=O)N2C(=O)NC(=O)C23c2ccccc2-c2ccccc23)cc1. The van der Waals surface area contributed by atoms with E-state index in [0.29, 0.717) is 15.4 Å². The molecule has 0 saturated carbocycles. The molecule has 29 heavy (non-hydrogen) atoms. The zero-order valence-electron chi connectivity index (χ0n) is 15.4. The van der Waals surface area contributed by atoms with Crippen LogP contribution in [0.3, 0.4) is 0 Å². The highest BCUT2D eigenvalue weighted by atomic mass is 32.2. The molecule has 1 aliphatic carbocycles. The Morgan fingerprint density at radius 3 is 1.86 bits per heavy atom. The molecule has 144 valence electrons. The molecule has 0 bridgehead atoms. The van der Waals surface area contributed by atoms with E-state index < -0.39 is 27.5 Å². The van der Waals surface area contributed by atoms with Gasteiger partial charge in [0.1, 0.15) is 0 Å². The molecule has 1 spiro atoms. The summed E-state index contributed by atoms with van der Waals surface area (Å²) in [7, 11) is -4.31. The molecule has 7 heteroatoms. The van der Waals surface area contributed by atoms with Crippen molar-refractivity contribution in [3.8, 4) is 11.1 Å². The number of nitrogens with one attached hydrogen (secondary N) is 1. The van der Waals surface area contributed by atoms with Crippen LogP contribution >= 0.6 is 0 Å². The molecule has 0 atom stereocenters. The Kier molecular flexibility index (Phi) is 3.51. The third kappa shape index (κ3) is 2.13. The maximum Gasteiger partial charge on any atom is 0.339 e. The number of imide groups is 1. The van der Waals surface area contributed by atoms with E-state index in [9.17, 15) is 18.0 Å². The number of hydrogen-bond acceptors (Lipinski definition) is 4. The number of sulfonamides is 1. The van der Waals surface area contributed by atoms with Crippen molar-refractivity contribution < 1.29 is 18.0 Å². The molecule has 3 aromatic carbocycles. The number of urea groups is 1. The highest BCUT2D eigenvalue weighted by Crippen LogP contribution is 2.54. The number of carbonyl (C=O) groups excluding carboxylic acids is 2. The Balaban J connectivity index is 1.85. The van der Waals surface area contributed by atoms with E-state index in [1.807, 2.05) is 31.2 Å². The number of fused-ring (bicyclic) bond motifs is 5. The molecule has 1 fully saturated rings. The molecule has 1 aliphatic heterocycles. The second-order valence-corrected chi connectivity index (χ2v) is 8.93. The van der Waals surface area contributed by atoms with E-state index in [1.54, 1.807) is 36.4 Å². The Labute approximate surface area is 167 Å². The third-order valence-corrected chi connectivity index (χ3v) is 7.31. The van der Waals surface area contributed by atoms with Crippen LogP contribution in [0.1, 0.15) is 16.7 Å². The first-order valence-corrected chi connectivity index (χ1v) is 10.5. The lowest BCUT2D eigenvalue weighted by Gasteiger charge is -2.32. The third-order valence-electron chi connectivity index (χ3n) is 5.52. The van der Waals surface area contributed by atoms with Crippen molar-refractivity contribution in [1.82, 2.24) is 9.62 Å². The summed E-state index contributed by atoms with van der Waals surface area (Å²) < 4.78 is 27.9. The zero-order valence-corrected chi connectivity index (χ0v) is 16.2. The molecule has 3 aromatic rings. The quantitative estimate of drug-likeness (QED) is 0.665. The van der Waals surface area contributed by atoms with Gasteiger partial charge in [-0.2, -0.15) is 4.31 Å². The summed E-state index contributed by atoms with van der Waals surface area (Å²) in [6, 6.07) is 19.4. The van der Waals surface area contributed by atoms with Crippen LogP contribution in [-0.2, 0) is 20.4 Å². The van der Waals surface area contributed by atoms with Gasteiger partial charge in [0, 0.05) is 11.1 Å². The molecule has 1 N–H and O–H groups in total.